The largest absolute Gasteiger partial charge is 0.340 e. The average molecular weight is 206 g/mol. The van der Waals surface area contributed by atoms with Crippen LogP contribution in [0.5, 0.6) is 0 Å². The molecule has 2 N–H and O–H groups in total. The summed E-state index contributed by atoms with van der Waals surface area (Å²) in [6.45, 7) is 4.36. The van der Waals surface area contributed by atoms with Gasteiger partial charge in [0.2, 0.25) is 5.91 Å². The molecule has 3 nitrogen and oxygen atoms in total. The summed E-state index contributed by atoms with van der Waals surface area (Å²) in [6.07, 6.45) is 0. The normalized spacial score (nSPS) is 12.3. The first-order valence-electron chi connectivity index (χ1n) is 5.07. The first kappa shape index (κ1) is 11.7. The van der Waals surface area contributed by atoms with Crippen LogP contribution in [0.3, 0.4) is 0 Å². The number of nitrogens with zero attached hydrogens (tertiary/aromatic N) is 1. The van der Waals surface area contributed by atoms with E-state index in [0.29, 0.717) is 6.54 Å². The van der Waals surface area contributed by atoms with Crippen LogP contribution >= 0.6 is 0 Å². The highest BCUT2D eigenvalue weighted by Crippen LogP contribution is 2.09. The molecule has 0 aliphatic heterocycles. The van der Waals surface area contributed by atoms with Gasteiger partial charge < -0.3 is 10.6 Å². The van der Waals surface area contributed by atoms with Gasteiger partial charge in [-0.05, 0) is 25.0 Å². The van der Waals surface area contributed by atoms with E-state index in [0.717, 1.165) is 5.56 Å². The number of aryl methyl sites for hydroxylation is 1. The quantitative estimate of drug-likeness (QED) is 0.810. The number of hydrogen-bond acceptors (Lipinski definition) is 2. The maximum Gasteiger partial charge on any atom is 0.239 e. The molecule has 1 atom stereocenters. The molecule has 1 rings (SSSR count). The van der Waals surface area contributed by atoms with Gasteiger partial charge in [0, 0.05) is 13.6 Å². The summed E-state index contributed by atoms with van der Waals surface area (Å²) in [5.41, 5.74) is 7.89. The summed E-state index contributed by atoms with van der Waals surface area (Å²) in [4.78, 5) is 13.2. The number of amides is 1. The zero-order valence-electron chi connectivity index (χ0n) is 9.53. The van der Waals surface area contributed by atoms with Gasteiger partial charge in [-0.3, -0.25) is 4.79 Å². The van der Waals surface area contributed by atoms with Crippen molar-refractivity contribution >= 4 is 5.91 Å². The third-order valence-electron chi connectivity index (χ3n) is 2.43. The smallest absolute Gasteiger partial charge is 0.239 e. The number of carbonyl (C=O) groups is 1. The first-order chi connectivity index (χ1) is 7.02. The second-order valence-electron chi connectivity index (χ2n) is 3.91. The van der Waals surface area contributed by atoms with E-state index in [1.54, 1.807) is 18.9 Å². The maximum absolute atomic E-state index is 11.6. The van der Waals surface area contributed by atoms with Crippen LogP contribution in [-0.4, -0.2) is 23.9 Å². The highest BCUT2D eigenvalue weighted by Gasteiger charge is 2.13. The van der Waals surface area contributed by atoms with E-state index in [2.05, 4.69) is 0 Å². The number of benzene rings is 1. The summed E-state index contributed by atoms with van der Waals surface area (Å²) in [5.74, 6) is -0.0294. The molecule has 15 heavy (non-hydrogen) atoms. The fourth-order valence-electron chi connectivity index (χ4n) is 1.47. The van der Waals surface area contributed by atoms with Crippen molar-refractivity contribution in [3.05, 3.63) is 35.4 Å². The summed E-state index contributed by atoms with van der Waals surface area (Å²) < 4.78 is 0. The third-order valence-corrected chi connectivity index (χ3v) is 2.43. The number of rotatable bonds is 3. The monoisotopic (exact) mass is 206 g/mol. The molecule has 0 radical (unpaired) electrons. The molecule has 0 aromatic heterocycles. The van der Waals surface area contributed by atoms with Gasteiger partial charge in [-0.25, -0.2) is 0 Å². The molecule has 3 heteroatoms. The van der Waals surface area contributed by atoms with Gasteiger partial charge in [0.15, 0.2) is 0 Å². The molecule has 82 valence electrons. The molecule has 1 aromatic rings. The van der Waals surface area contributed by atoms with Crippen molar-refractivity contribution in [2.75, 3.05) is 7.05 Å². The molecule has 0 aliphatic carbocycles. The second kappa shape index (κ2) is 4.94. The molecule has 0 heterocycles. The van der Waals surface area contributed by atoms with Gasteiger partial charge in [0.25, 0.3) is 0 Å². The molecule has 0 unspecified atom stereocenters. The zero-order chi connectivity index (χ0) is 11.4. The number of likely N-dealkylation sites (N-methyl/N-ethyl adjacent to an activating group) is 1. The molecule has 0 fully saturated rings. The van der Waals surface area contributed by atoms with Crippen molar-refractivity contribution in [1.29, 1.82) is 0 Å². The van der Waals surface area contributed by atoms with Gasteiger partial charge in [-0.15, -0.1) is 0 Å². The van der Waals surface area contributed by atoms with E-state index >= 15 is 0 Å². The minimum Gasteiger partial charge on any atom is -0.340 e. The lowest BCUT2D eigenvalue weighted by molar-refractivity contribution is -0.131. The summed E-state index contributed by atoms with van der Waals surface area (Å²) in [6, 6.07) is 7.61. The number of nitrogens with two attached hydrogens (primary N) is 1. The Morgan fingerprint density at radius 3 is 2.60 bits per heavy atom. The molecule has 0 saturated carbocycles. The summed E-state index contributed by atoms with van der Waals surface area (Å²) >= 11 is 0. The SMILES string of the molecule is Cc1ccccc1CN(C)C(=O)[C@@H](C)N. The Labute approximate surface area is 90.9 Å². The molecule has 0 aliphatic rings. The topological polar surface area (TPSA) is 46.3 Å². The fraction of sp³-hybridized carbons (Fsp3) is 0.417. The zero-order valence-corrected chi connectivity index (χ0v) is 9.53. The lowest BCUT2D eigenvalue weighted by atomic mass is 10.1. The van der Waals surface area contributed by atoms with Crippen LogP contribution in [0.4, 0.5) is 0 Å². The van der Waals surface area contributed by atoms with Gasteiger partial charge in [-0.2, -0.15) is 0 Å². The van der Waals surface area contributed by atoms with Crippen molar-refractivity contribution in [1.82, 2.24) is 4.90 Å². The minimum atomic E-state index is -0.431. The van der Waals surface area contributed by atoms with E-state index in [-0.39, 0.29) is 5.91 Å². The maximum atomic E-state index is 11.6. The molecule has 0 saturated heterocycles. The van der Waals surface area contributed by atoms with Crippen LogP contribution in [-0.2, 0) is 11.3 Å². The average Bonchev–Trinajstić information content (AvgIpc) is 2.20. The van der Waals surface area contributed by atoms with Crippen molar-refractivity contribution in [2.45, 2.75) is 26.4 Å². The molecule has 0 spiro atoms. The number of hydrogen-bond donors (Lipinski definition) is 1. The van der Waals surface area contributed by atoms with Crippen molar-refractivity contribution in [3.8, 4) is 0 Å². The van der Waals surface area contributed by atoms with Gasteiger partial charge in [-0.1, -0.05) is 24.3 Å². The highest BCUT2D eigenvalue weighted by atomic mass is 16.2. The van der Waals surface area contributed by atoms with E-state index in [9.17, 15) is 4.79 Å². The predicted molar refractivity (Wildman–Crippen MR) is 61.3 cm³/mol. The van der Waals surface area contributed by atoms with Gasteiger partial charge >= 0.3 is 0 Å². The van der Waals surface area contributed by atoms with Crippen LogP contribution in [0, 0.1) is 6.92 Å². The minimum absolute atomic E-state index is 0.0294. The summed E-state index contributed by atoms with van der Waals surface area (Å²) in [7, 11) is 1.78. The highest BCUT2D eigenvalue weighted by molar-refractivity contribution is 5.80. The van der Waals surface area contributed by atoms with E-state index in [1.165, 1.54) is 5.56 Å². The molecule has 1 aromatic carbocycles. The Morgan fingerprint density at radius 1 is 1.47 bits per heavy atom. The molecular formula is C12H18N2O. The Bertz CT molecular complexity index is 347. The van der Waals surface area contributed by atoms with Crippen LogP contribution in [0.1, 0.15) is 18.1 Å². The Balaban J connectivity index is 2.71. The predicted octanol–water partition coefficient (Wildman–Crippen LogP) is 1.30. The second-order valence-corrected chi connectivity index (χ2v) is 3.91. The number of carbonyl (C=O) groups excluding carboxylic acids is 1. The van der Waals surface area contributed by atoms with Crippen LogP contribution in [0.25, 0.3) is 0 Å². The fourth-order valence-corrected chi connectivity index (χ4v) is 1.47. The lowest BCUT2D eigenvalue weighted by Crippen LogP contribution is -2.39. The summed E-state index contributed by atoms with van der Waals surface area (Å²) in [5, 5.41) is 0. The van der Waals surface area contributed by atoms with Crippen molar-refractivity contribution < 1.29 is 4.79 Å². The molecule has 0 bridgehead atoms. The Morgan fingerprint density at radius 2 is 2.07 bits per heavy atom. The van der Waals surface area contributed by atoms with Crippen LogP contribution < -0.4 is 5.73 Å². The molecular weight excluding hydrogens is 188 g/mol. The van der Waals surface area contributed by atoms with E-state index in [4.69, 9.17) is 5.73 Å². The van der Waals surface area contributed by atoms with Crippen LogP contribution in [0.2, 0.25) is 0 Å². The van der Waals surface area contributed by atoms with Crippen LogP contribution in [0.15, 0.2) is 24.3 Å². The standard InChI is InChI=1S/C12H18N2O/c1-9-6-4-5-7-11(9)8-14(3)12(15)10(2)13/h4-7,10H,8,13H2,1-3H3/t10-/m1/s1. The van der Waals surface area contributed by atoms with E-state index in [1.807, 2.05) is 31.2 Å². The third kappa shape index (κ3) is 3.06. The van der Waals surface area contributed by atoms with Crippen molar-refractivity contribution in [2.24, 2.45) is 5.73 Å². The molecule has 1 amide bonds. The van der Waals surface area contributed by atoms with Gasteiger partial charge in [0.05, 0.1) is 6.04 Å². The first-order valence-corrected chi connectivity index (χ1v) is 5.07. The Hall–Kier alpha value is -1.35. The Kier molecular flexibility index (Phi) is 3.86. The van der Waals surface area contributed by atoms with E-state index < -0.39 is 6.04 Å². The van der Waals surface area contributed by atoms with Gasteiger partial charge in [0.1, 0.15) is 0 Å². The lowest BCUT2D eigenvalue weighted by Gasteiger charge is -2.20. The van der Waals surface area contributed by atoms with Crippen molar-refractivity contribution in [3.63, 3.8) is 0 Å².